The van der Waals surface area contributed by atoms with Crippen molar-refractivity contribution in [2.75, 3.05) is 6.61 Å². The van der Waals surface area contributed by atoms with E-state index in [1.165, 1.54) is 6.42 Å². The Kier molecular flexibility index (Phi) is 5.01. The van der Waals surface area contributed by atoms with Crippen molar-refractivity contribution < 1.29 is 9.90 Å². The van der Waals surface area contributed by atoms with Gasteiger partial charge >= 0.3 is 0 Å². The van der Waals surface area contributed by atoms with Crippen LogP contribution < -0.4 is 11.1 Å². The van der Waals surface area contributed by atoms with Crippen LogP contribution in [0.25, 0.3) is 0 Å². The van der Waals surface area contributed by atoms with E-state index in [1.54, 1.807) is 0 Å². The van der Waals surface area contributed by atoms with Crippen molar-refractivity contribution in [3.63, 3.8) is 0 Å². The third-order valence-corrected chi connectivity index (χ3v) is 4.63. The fourth-order valence-electron chi connectivity index (χ4n) is 3.40. The maximum Gasteiger partial charge on any atom is 0.224 e. The molecule has 18 heavy (non-hydrogen) atoms. The second-order valence-corrected chi connectivity index (χ2v) is 5.90. The Bertz CT molecular complexity index is 283. The average molecular weight is 254 g/mol. The summed E-state index contributed by atoms with van der Waals surface area (Å²) >= 11 is 0. The Labute approximate surface area is 109 Å². The highest BCUT2D eigenvalue weighted by Crippen LogP contribution is 2.27. The number of rotatable bonds is 3. The van der Waals surface area contributed by atoms with Crippen molar-refractivity contribution in [3.8, 4) is 0 Å². The Balaban J connectivity index is 1.89. The topological polar surface area (TPSA) is 75.4 Å². The van der Waals surface area contributed by atoms with Gasteiger partial charge in [0.15, 0.2) is 0 Å². The SMILES string of the molecule is NC1CCCCCC1C(=O)NC1CCCC1CO. The molecule has 2 fully saturated rings. The predicted molar refractivity (Wildman–Crippen MR) is 70.9 cm³/mol. The summed E-state index contributed by atoms with van der Waals surface area (Å²) in [5, 5.41) is 12.4. The number of aliphatic hydroxyl groups is 1. The maximum absolute atomic E-state index is 12.3. The normalized spacial score (nSPS) is 37.2. The van der Waals surface area contributed by atoms with Crippen LogP contribution in [0.4, 0.5) is 0 Å². The van der Waals surface area contributed by atoms with Gasteiger partial charge in [-0.2, -0.15) is 0 Å². The molecule has 0 bridgehead atoms. The molecule has 2 rings (SSSR count). The summed E-state index contributed by atoms with van der Waals surface area (Å²) in [6, 6.07) is 0.180. The zero-order chi connectivity index (χ0) is 13.0. The molecule has 4 atom stereocenters. The lowest BCUT2D eigenvalue weighted by Crippen LogP contribution is -2.46. The number of nitrogens with one attached hydrogen (secondary N) is 1. The second kappa shape index (κ2) is 6.53. The van der Waals surface area contributed by atoms with Gasteiger partial charge in [0.1, 0.15) is 0 Å². The molecular weight excluding hydrogens is 228 g/mol. The molecule has 0 aromatic carbocycles. The Morgan fingerprint density at radius 1 is 1.11 bits per heavy atom. The van der Waals surface area contributed by atoms with E-state index in [1.807, 2.05) is 0 Å². The maximum atomic E-state index is 12.3. The van der Waals surface area contributed by atoms with E-state index >= 15 is 0 Å². The van der Waals surface area contributed by atoms with Crippen molar-refractivity contribution in [1.82, 2.24) is 5.32 Å². The van der Waals surface area contributed by atoms with Gasteiger partial charge in [-0.3, -0.25) is 4.79 Å². The molecular formula is C14H26N2O2. The first kappa shape index (κ1) is 13.8. The van der Waals surface area contributed by atoms with Gasteiger partial charge in [0.05, 0.1) is 5.92 Å². The molecule has 0 aliphatic heterocycles. The molecule has 0 radical (unpaired) electrons. The zero-order valence-electron chi connectivity index (χ0n) is 11.1. The fraction of sp³-hybridized carbons (Fsp3) is 0.929. The number of nitrogens with two attached hydrogens (primary N) is 1. The van der Waals surface area contributed by atoms with E-state index in [2.05, 4.69) is 5.32 Å². The minimum atomic E-state index is -0.0209. The Morgan fingerprint density at radius 3 is 2.67 bits per heavy atom. The van der Waals surface area contributed by atoms with Crippen LogP contribution in [0.5, 0.6) is 0 Å². The van der Waals surface area contributed by atoms with Crippen LogP contribution in [0.1, 0.15) is 51.4 Å². The minimum absolute atomic E-state index is 0.0153. The summed E-state index contributed by atoms with van der Waals surface area (Å²) in [6.07, 6.45) is 8.47. The highest BCUT2D eigenvalue weighted by molar-refractivity contribution is 5.79. The van der Waals surface area contributed by atoms with Gasteiger partial charge in [-0.05, 0) is 25.7 Å². The molecule has 4 unspecified atom stereocenters. The predicted octanol–water partition coefficient (Wildman–Crippen LogP) is 1.17. The molecule has 1 amide bonds. The van der Waals surface area contributed by atoms with Crippen LogP contribution in [-0.4, -0.2) is 29.7 Å². The Morgan fingerprint density at radius 2 is 1.89 bits per heavy atom. The summed E-state index contributed by atoms with van der Waals surface area (Å²) < 4.78 is 0. The smallest absolute Gasteiger partial charge is 0.224 e. The van der Waals surface area contributed by atoms with Crippen LogP contribution in [0.3, 0.4) is 0 Å². The van der Waals surface area contributed by atoms with Crippen LogP contribution >= 0.6 is 0 Å². The third kappa shape index (κ3) is 3.23. The van der Waals surface area contributed by atoms with Crippen LogP contribution in [0.2, 0.25) is 0 Å². The largest absolute Gasteiger partial charge is 0.396 e. The van der Waals surface area contributed by atoms with Crippen LogP contribution in [-0.2, 0) is 4.79 Å². The monoisotopic (exact) mass is 254 g/mol. The van der Waals surface area contributed by atoms with E-state index in [-0.39, 0.29) is 36.4 Å². The highest BCUT2D eigenvalue weighted by Gasteiger charge is 2.32. The van der Waals surface area contributed by atoms with Crippen molar-refractivity contribution in [3.05, 3.63) is 0 Å². The van der Waals surface area contributed by atoms with Gasteiger partial charge in [-0.15, -0.1) is 0 Å². The second-order valence-electron chi connectivity index (χ2n) is 5.90. The van der Waals surface area contributed by atoms with Gasteiger partial charge in [0.2, 0.25) is 5.91 Å². The molecule has 2 aliphatic rings. The first-order valence-corrected chi connectivity index (χ1v) is 7.39. The molecule has 2 saturated carbocycles. The molecule has 0 saturated heterocycles. The molecule has 0 aromatic heterocycles. The van der Waals surface area contributed by atoms with E-state index in [9.17, 15) is 9.90 Å². The van der Waals surface area contributed by atoms with Gasteiger partial charge in [0.25, 0.3) is 0 Å². The quantitative estimate of drug-likeness (QED) is 0.662. The molecule has 104 valence electrons. The first-order valence-electron chi connectivity index (χ1n) is 7.39. The summed E-state index contributed by atoms with van der Waals surface area (Å²) in [7, 11) is 0. The minimum Gasteiger partial charge on any atom is -0.396 e. The average Bonchev–Trinajstić information content (AvgIpc) is 2.69. The van der Waals surface area contributed by atoms with Crippen molar-refractivity contribution in [1.29, 1.82) is 0 Å². The van der Waals surface area contributed by atoms with Crippen molar-refractivity contribution in [2.24, 2.45) is 17.6 Å². The molecule has 0 spiro atoms. The van der Waals surface area contributed by atoms with Gasteiger partial charge in [-0.1, -0.05) is 25.7 Å². The van der Waals surface area contributed by atoms with E-state index in [4.69, 9.17) is 5.73 Å². The van der Waals surface area contributed by atoms with E-state index in [0.717, 1.165) is 44.9 Å². The van der Waals surface area contributed by atoms with Gasteiger partial charge in [0, 0.05) is 24.6 Å². The lowest BCUT2D eigenvalue weighted by atomic mass is 9.93. The van der Waals surface area contributed by atoms with Crippen LogP contribution in [0.15, 0.2) is 0 Å². The number of carbonyl (C=O) groups excluding carboxylic acids is 1. The lowest BCUT2D eigenvalue weighted by molar-refractivity contribution is -0.126. The fourth-order valence-corrected chi connectivity index (χ4v) is 3.40. The number of carbonyl (C=O) groups is 1. The Hall–Kier alpha value is -0.610. The van der Waals surface area contributed by atoms with Crippen LogP contribution in [0, 0.1) is 11.8 Å². The lowest BCUT2D eigenvalue weighted by Gasteiger charge is -2.25. The van der Waals surface area contributed by atoms with Gasteiger partial charge in [-0.25, -0.2) is 0 Å². The highest BCUT2D eigenvalue weighted by atomic mass is 16.3. The molecule has 2 aliphatic carbocycles. The molecule has 4 heteroatoms. The van der Waals surface area contributed by atoms with Crippen molar-refractivity contribution >= 4 is 5.91 Å². The zero-order valence-corrected chi connectivity index (χ0v) is 11.1. The number of aliphatic hydroxyl groups excluding tert-OH is 1. The molecule has 4 nitrogen and oxygen atoms in total. The molecule has 4 N–H and O–H groups in total. The van der Waals surface area contributed by atoms with E-state index in [0.29, 0.717) is 0 Å². The van der Waals surface area contributed by atoms with Gasteiger partial charge < -0.3 is 16.2 Å². The summed E-state index contributed by atoms with van der Waals surface area (Å²) in [5.41, 5.74) is 6.11. The summed E-state index contributed by atoms with van der Waals surface area (Å²) in [5.74, 6) is 0.346. The summed E-state index contributed by atoms with van der Waals surface area (Å²) in [4.78, 5) is 12.3. The molecule has 0 aromatic rings. The number of hydrogen-bond acceptors (Lipinski definition) is 3. The molecule has 0 heterocycles. The third-order valence-electron chi connectivity index (χ3n) is 4.63. The standard InChI is InChI=1S/C14H26N2O2/c15-12-7-3-1-2-6-11(12)14(18)16-13-8-4-5-10(13)9-17/h10-13,17H,1-9,15H2,(H,16,18). The summed E-state index contributed by atoms with van der Waals surface area (Å²) in [6.45, 7) is 0.182. The number of hydrogen-bond donors (Lipinski definition) is 3. The van der Waals surface area contributed by atoms with Crippen molar-refractivity contribution in [2.45, 2.75) is 63.5 Å². The van der Waals surface area contributed by atoms with E-state index < -0.39 is 0 Å². The number of amides is 1. The first-order chi connectivity index (χ1) is 8.72.